The van der Waals surface area contributed by atoms with E-state index in [2.05, 4.69) is 0 Å². The quantitative estimate of drug-likeness (QED) is 0.0910. The van der Waals surface area contributed by atoms with E-state index in [1.165, 1.54) is 0 Å². The Hall–Kier alpha value is -1.38. The molecule has 0 amide bonds. The Morgan fingerprint density at radius 1 is 0.613 bits per heavy atom. The second-order valence-electron chi connectivity index (χ2n) is 6.06. The Labute approximate surface area is 182 Å². The molecule has 0 saturated heterocycles. The molecule has 0 bridgehead atoms. The van der Waals surface area contributed by atoms with Crippen LogP contribution in [0.4, 0.5) is 0 Å². The summed E-state index contributed by atoms with van der Waals surface area (Å²) in [5.41, 5.74) is 0. The van der Waals surface area contributed by atoms with Gasteiger partial charge >= 0.3 is 11.9 Å². The molecular weight excluding hydrogens is 420 g/mol. The molecule has 0 aliphatic rings. The Morgan fingerprint density at radius 2 is 1.03 bits per heavy atom. The molecule has 1 atom stereocenters. The van der Waals surface area contributed by atoms with Crippen LogP contribution in [0.25, 0.3) is 0 Å². The molecule has 0 aromatic carbocycles. The van der Waals surface area contributed by atoms with Crippen molar-refractivity contribution in [3.8, 4) is 0 Å². The molecule has 0 aromatic rings. The maximum Gasteiger partial charge on any atom is 0.317 e. The lowest BCUT2D eigenvalue weighted by Gasteiger charge is -2.18. The smallest absolute Gasteiger partial charge is 0.317 e. The number of carbonyl (C=O) groups excluding carboxylic acids is 1. The highest BCUT2D eigenvalue weighted by Crippen LogP contribution is 2.03. The summed E-state index contributed by atoms with van der Waals surface area (Å²) in [6, 6.07) is 0. The lowest BCUT2D eigenvalue weighted by atomic mass is 10.3. The predicted octanol–water partition coefficient (Wildman–Crippen LogP) is -1.15. The van der Waals surface area contributed by atoms with Gasteiger partial charge in [0.1, 0.15) is 12.5 Å². The monoisotopic (exact) mass is 456 g/mol. The number of ether oxygens (including phenoxy) is 7. The summed E-state index contributed by atoms with van der Waals surface area (Å²) in [5, 5.41) is 25.8. The molecule has 3 N–H and O–H groups in total. The summed E-state index contributed by atoms with van der Waals surface area (Å²) < 4.78 is 36.7. The Bertz CT molecular complexity index is 421. The van der Waals surface area contributed by atoms with E-state index in [9.17, 15) is 9.59 Å². The number of esters is 1. The lowest BCUT2D eigenvalue weighted by Crippen LogP contribution is -2.27. The summed E-state index contributed by atoms with van der Waals surface area (Å²) in [4.78, 5) is 22.2. The average molecular weight is 456 g/mol. The molecule has 184 valence electrons. The number of aliphatic carboxylic acids is 1. The second-order valence-corrected chi connectivity index (χ2v) is 6.06. The largest absolute Gasteiger partial charge is 0.481 e. The zero-order valence-electron chi connectivity index (χ0n) is 17.9. The van der Waals surface area contributed by atoms with Crippen LogP contribution in [0.2, 0.25) is 0 Å². The normalized spacial score (nSPS) is 12.1. The van der Waals surface area contributed by atoms with Crippen molar-refractivity contribution in [1.82, 2.24) is 0 Å². The van der Waals surface area contributed by atoms with Crippen molar-refractivity contribution in [3.05, 3.63) is 0 Å². The van der Waals surface area contributed by atoms with Gasteiger partial charge in [-0.3, -0.25) is 9.59 Å². The van der Waals surface area contributed by atoms with Crippen molar-refractivity contribution in [2.75, 3.05) is 92.5 Å². The molecule has 12 heteroatoms. The van der Waals surface area contributed by atoms with Crippen LogP contribution in [0.5, 0.6) is 0 Å². The highest BCUT2D eigenvalue weighted by Gasteiger charge is 2.17. The van der Waals surface area contributed by atoms with E-state index < -0.39 is 24.5 Å². The summed E-state index contributed by atoms with van der Waals surface area (Å²) in [6.07, 6.45) is -1.03. The van der Waals surface area contributed by atoms with Crippen molar-refractivity contribution >= 4 is 11.9 Å². The van der Waals surface area contributed by atoms with E-state index in [1.807, 2.05) is 0 Å². The maximum absolute atomic E-state index is 11.6. The van der Waals surface area contributed by atoms with Gasteiger partial charge in [0.25, 0.3) is 0 Å². The maximum atomic E-state index is 11.6. The van der Waals surface area contributed by atoms with Crippen LogP contribution in [0.15, 0.2) is 0 Å². The first-order valence-corrected chi connectivity index (χ1v) is 10.2. The third kappa shape index (κ3) is 23.1. The summed E-state index contributed by atoms with van der Waals surface area (Å²) in [6.45, 7) is 3.61. The molecule has 0 spiro atoms. The highest BCUT2D eigenvalue weighted by atomic mass is 16.6. The number of aliphatic hydroxyl groups is 2. The SMILES string of the molecule is O=C(O)CC(=O)OC(CCOCCOCCOCCO)COCCOCCOCCO. The molecule has 1 unspecified atom stereocenters. The minimum atomic E-state index is -1.27. The Balaban J connectivity index is 3.90. The van der Waals surface area contributed by atoms with Gasteiger partial charge in [-0.1, -0.05) is 0 Å². The van der Waals surface area contributed by atoms with E-state index >= 15 is 0 Å². The van der Waals surface area contributed by atoms with Gasteiger partial charge in [-0.2, -0.15) is 0 Å². The number of hydrogen-bond acceptors (Lipinski definition) is 11. The van der Waals surface area contributed by atoms with E-state index in [1.54, 1.807) is 0 Å². The van der Waals surface area contributed by atoms with E-state index in [4.69, 9.17) is 48.5 Å². The first kappa shape index (κ1) is 29.6. The Morgan fingerprint density at radius 3 is 1.48 bits per heavy atom. The van der Waals surface area contributed by atoms with Gasteiger partial charge in [0.05, 0.1) is 92.5 Å². The summed E-state index contributed by atoms with van der Waals surface area (Å²) >= 11 is 0. The Kier molecular flexibility index (Phi) is 22.2. The highest BCUT2D eigenvalue weighted by molar-refractivity contribution is 5.90. The number of rotatable bonds is 24. The lowest BCUT2D eigenvalue weighted by molar-refractivity contribution is -0.158. The van der Waals surface area contributed by atoms with Crippen LogP contribution in [0.1, 0.15) is 12.8 Å². The van der Waals surface area contributed by atoms with Crippen LogP contribution in [-0.2, 0) is 42.7 Å². The molecule has 0 heterocycles. The topological polar surface area (TPSA) is 159 Å². The minimum absolute atomic E-state index is 0.0293. The van der Waals surface area contributed by atoms with E-state index in [-0.39, 0.29) is 46.2 Å². The zero-order chi connectivity index (χ0) is 23.0. The predicted molar refractivity (Wildman–Crippen MR) is 106 cm³/mol. The van der Waals surface area contributed by atoms with Gasteiger partial charge in [0.2, 0.25) is 0 Å². The second kappa shape index (κ2) is 23.3. The average Bonchev–Trinajstić information content (AvgIpc) is 2.73. The first-order chi connectivity index (χ1) is 15.1. The van der Waals surface area contributed by atoms with Crippen LogP contribution < -0.4 is 0 Å². The molecule has 0 saturated carbocycles. The summed E-state index contributed by atoms with van der Waals surface area (Å²) in [5.74, 6) is -2.11. The van der Waals surface area contributed by atoms with Gasteiger partial charge in [-0.05, 0) is 0 Å². The number of aliphatic hydroxyl groups excluding tert-OH is 2. The number of carbonyl (C=O) groups is 2. The van der Waals surface area contributed by atoms with Crippen LogP contribution in [0, 0.1) is 0 Å². The van der Waals surface area contributed by atoms with Crippen molar-refractivity contribution in [2.24, 2.45) is 0 Å². The van der Waals surface area contributed by atoms with Gasteiger partial charge in [-0.25, -0.2) is 0 Å². The molecule has 0 rings (SSSR count). The molecule has 0 radical (unpaired) electrons. The molecule has 0 aromatic heterocycles. The fourth-order valence-corrected chi connectivity index (χ4v) is 2.07. The fourth-order valence-electron chi connectivity index (χ4n) is 2.07. The minimum Gasteiger partial charge on any atom is -0.481 e. The molecular formula is C19H36O12. The van der Waals surface area contributed by atoms with Gasteiger partial charge in [0, 0.05) is 6.42 Å². The van der Waals surface area contributed by atoms with Crippen molar-refractivity contribution in [3.63, 3.8) is 0 Å². The first-order valence-electron chi connectivity index (χ1n) is 10.2. The van der Waals surface area contributed by atoms with Gasteiger partial charge < -0.3 is 48.5 Å². The van der Waals surface area contributed by atoms with Gasteiger partial charge in [-0.15, -0.1) is 0 Å². The van der Waals surface area contributed by atoms with Crippen LogP contribution >= 0.6 is 0 Å². The van der Waals surface area contributed by atoms with E-state index in [0.29, 0.717) is 52.7 Å². The number of hydrogen-bond donors (Lipinski definition) is 3. The van der Waals surface area contributed by atoms with Crippen LogP contribution in [0.3, 0.4) is 0 Å². The molecule has 0 fully saturated rings. The third-order valence-electron chi connectivity index (χ3n) is 3.44. The van der Waals surface area contributed by atoms with Crippen molar-refractivity contribution < 1.29 is 58.1 Å². The molecule has 0 aliphatic heterocycles. The van der Waals surface area contributed by atoms with Crippen molar-refractivity contribution in [2.45, 2.75) is 18.9 Å². The number of carboxylic acids is 1. The van der Waals surface area contributed by atoms with E-state index in [0.717, 1.165) is 0 Å². The van der Waals surface area contributed by atoms with Crippen LogP contribution in [-0.4, -0.2) is 126 Å². The third-order valence-corrected chi connectivity index (χ3v) is 3.44. The zero-order valence-corrected chi connectivity index (χ0v) is 17.9. The number of carboxylic acid groups (broad SMARTS) is 1. The van der Waals surface area contributed by atoms with Gasteiger partial charge in [0.15, 0.2) is 0 Å². The summed E-state index contributed by atoms with van der Waals surface area (Å²) in [7, 11) is 0. The standard InChI is InChI=1S/C19H36O12/c20-2-5-26-8-11-28-10-7-25-4-1-17(31-19(24)15-18(22)23)16-30-14-13-29-12-9-27-6-3-21/h17,20-21H,1-16H2,(H,22,23). The molecule has 12 nitrogen and oxygen atoms in total. The van der Waals surface area contributed by atoms with Crippen molar-refractivity contribution in [1.29, 1.82) is 0 Å². The fraction of sp³-hybridized carbons (Fsp3) is 0.895. The molecule has 0 aliphatic carbocycles. The molecule has 31 heavy (non-hydrogen) atoms.